The van der Waals surface area contributed by atoms with Gasteiger partial charge in [0.25, 0.3) is 0 Å². The van der Waals surface area contributed by atoms with E-state index < -0.39 is 14.6 Å². The maximum atomic E-state index is 11.8. The Morgan fingerprint density at radius 3 is 2.24 bits per heavy atom. The number of halogens is 1. The van der Waals surface area contributed by atoms with Gasteiger partial charge in [0.2, 0.25) is 0 Å². The molecule has 102 valence electrons. The summed E-state index contributed by atoms with van der Waals surface area (Å²) in [6, 6.07) is 0. The van der Waals surface area contributed by atoms with E-state index in [1.165, 1.54) is 0 Å². The predicted octanol–water partition coefficient (Wildman–Crippen LogP) is 0.661. The molecule has 0 saturated carbocycles. The van der Waals surface area contributed by atoms with Gasteiger partial charge in [-0.3, -0.25) is 4.99 Å². The first-order valence-corrected chi connectivity index (χ1v) is 6.98. The van der Waals surface area contributed by atoms with Crippen molar-refractivity contribution in [3.05, 3.63) is 0 Å². The average molecular weight is 375 g/mol. The molecule has 0 aromatic carbocycles. The van der Waals surface area contributed by atoms with Crippen molar-refractivity contribution < 1.29 is 8.42 Å². The molecule has 0 radical (unpaired) electrons. The Balaban J connectivity index is 0.00000256. The van der Waals surface area contributed by atoms with Gasteiger partial charge in [0.05, 0.1) is 10.5 Å². The zero-order valence-electron chi connectivity index (χ0n) is 11.1. The standard InChI is InChI=1S/C10H21N3O2S.HI/c1-10(2)8-13(6-7-16(10,14)15)9(11-3)12(4)5;/h6-8H2,1-5H3;1H. The summed E-state index contributed by atoms with van der Waals surface area (Å²) in [5.41, 5.74) is 0. The molecule has 0 aromatic heterocycles. The molecule has 0 unspecified atom stereocenters. The summed E-state index contributed by atoms with van der Waals surface area (Å²) in [6.07, 6.45) is 0. The van der Waals surface area contributed by atoms with Crippen LogP contribution in [0.2, 0.25) is 0 Å². The van der Waals surface area contributed by atoms with E-state index in [2.05, 4.69) is 4.99 Å². The highest BCUT2D eigenvalue weighted by molar-refractivity contribution is 14.0. The number of rotatable bonds is 0. The van der Waals surface area contributed by atoms with Crippen molar-refractivity contribution in [1.29, 1.82) is 0 Å². The lowest BCUT2D eigenvalue weighted by Gasteiger charge is -2.40. The van der Waals surface area contributed by atoms with Gasteiger partial charge in [0.1, 0.15) is 0 Å². The lowest BCUT2D eigenvalue weighted by atomic mass is 10.2. The summed E-state index contributed by atoms with van der Waals surface area (Å²) in [5.74, 6) is 1.04. The van der Waals surface area contributed by atoms with Crippen LogP contribution in [0.1, 0.15) is 13.8 Å². The molecule has 1 aliphatic rings. The normalized spacial score (nSPS) is 22.9. The number of guanidine groups is 1. The quantitative estimate of drug-likeness (QED) is 0.355. The molecule has 1 saturated heterocycles. The predicted molar refractivity (Wildman–Crippen MR) is 81.9 cm³/mol. The molecule has 0 aromatic rings. The summed E-state index contributed by atoms with van der Waals surface area (Å²) in [6.45, 7) is 4.58. The van der Waals surface area contributed by atoms with Crippen LogP contribution < -0.4 is 0 Å². The molecule has 17 heavy (non-hydrogen) atoms. The lowest BCUT2D eigenvalue weighted by molar-refractivity contribution is 0.329. The van der Waals surface area contributed by atoms with Crippen LogP contribution in [-0.2, 0) is 9.84 Å². The number of hydrogen-bond acceptors (Lipinski definition) is 3. The Morgan fingerprint density at radius 1 is 1.35 bits per heavy atom. The lowest BCUT2D eigenvalue weighted by Crippen LogP contribution is -2.57. The van der Waals surface area contributed by atoms with Crippen molar-refractivity contribution in [2.45, 2.75) is 18.6 Å². The molecule has 0 bridgehead atoms. The molecule has 1 fully saturated rings. The molecule has 0 N–H and O–H groups in total. The first-order chi connectivity index (χ1) is 7.21. The van der Waals surface area contributed by atoms with Crippen molar-refractivity contribution in [1.82, 2.24) is 9.80 Å². The number of nitrogens with zero attached hydrogens (tertiary/aromatic N) is 3. The van der Waals surface area contributed by atoms with Crippen LogP contribution in [0.3, 0.4) is 0 Å². The summed E-state index contributed by atoms with van der Waals surface area (Å²) >= 11 is 0. The van der Waals surface area contributed by atoms with E-state index >= 15 is 0 Å². The van der Waals surface area contributed by atoms with E-state index in [0.717, 1.165) is 5.96 Å². The molecule has 0 spiro atoms. The summed E-state index contributed by atoms with van der Waals surface area (Å²) < 4.78 is 23.0. The largest absolute Gasteiger partial charge is 0.349 e. The Morgan fingerprint density at radius 2 is 1.88 bits per heavy atom. The second kappa shape index (κ2) is 5.73. The van der Waals surface area contributed by atoms with E-state index in [1.54, 1.807) is 20.9 Å². The summed E-state index contributed by atoms with van der Waals surface area (Å²) in [4.78, 5) is 8.14. The smallest absolute Gasteiger partial charge is 0.195 e. The number of aliphatic imine (C=N–C) groups is 1. The van der Waals surface area contributed by atoms with Crippen LogP contribution in [0.4, 0.5) is 0 Å². The topological polar surface area (TPSA) is 53.0 Å². The fraction of sp³-hybridized carbons (Fsp3) is 0.900. The molecule has 0 atom stereocenters. The first-order valence-electron chi connectivity index (χ1n) is 5.32. The second-order valence-electron chi connectivity index (χ2n) is 4.92. The molecular formula is C10H22IN3O2S. The van der Waals surface area contributed by atoms with Gasteiger partial charge in [0.15, 0.2) is 15.8 Å². The van der Waals surface area contributed by atoms with Gasteiger partial charge in [-0.25, -0.2) is 8.42 Å². The maximum Gasteiger partial charge on any atom is 0.195 e. The van der Waals surface area contributed by atoms with Crippen LogP contribution in [0.15, 0.2) is 4.99 Å². The van der Waals surface area contributed by atoms with Crippen molar-refractivity contribution >= 4 is 39.8 Å². The molecule has 0 aliphatic carbocycles. The highest BCUT2D eigenvalue weighted by atomic mass is 127. The Labute approximate surface area is 121 Å². The highest BCUT2D eigenvalue weighted by Crippen LogP contribution is 2.24. The van der Waals surface area contributed by atoms with Crippen LogP contribution >= 0.6 is 24.0 Å². The van der Waals surface area contributed by atoms with Gasteiger partial charge in [-0.15, -0.1) is 24.0 Å². The third kappa shape index (κ3) is 3.46. The van der Waals surface area contributed by atoms with Gasteiger partial charge in [-0.2, -0.15) is 0 Å². The van der Waals surface area contributed by atoms with Crippen molar-refractivity contribution in [3.8, 4) is 0 Å². The van der Waals surface area contributed by atoms with E-state index in [4.69, 9.17) is 0 Å². The summed E-state index contributed by atoms with van der Waals surface area (Å²) in [7, 11) is 2.58. The zero-order chi connectivity index (χ0) is 12.6. The third-order valence-corrected chi connectivity index (χ3v) is 5.46. The monoisotopic (exact) mass is 375 g/mol. The third-order valence-electron chi connectivity index (χ3n) is 2.93. The summed E-state index contributed by atoms with van der Waals surface area (Å²) in [5, 5.41) is 0. The molecule has 7 heteroatoms. The van der Waals surface area contributed by atoms with Gasteiger partial charge in [0, 0.05) is 34.2 Å². The van der Waals surface area contributed by atoms with Crippen LogP contribution in [0.5, 0.6) is 0 Å². The molecule has 1 aliphatic heterocycles. The minimum Gasteiger partial charge on any atom is -0.349 e. The fourth-order valence-electron chi connectivity index (χ4n) is 1.94. The Bertz CT molecular complexity index is 390. The molecule has 5 nitrogen and oxygen atoms in total. The van der Waals surface area contributed by atoms with E-state index in [1.807, 2.05) is 23.9 Å². The van der Waals surface area contributed by atoms with Gasteiger partial charge in [-0.1, -0.05) is 0 Å². The molecule has 1 rings (SSSR count). The van der Waals surface area contributed by atoms with E-state index in [-0.39, 0.29) is 29.7 Å². The SMILES string of the molecule is CN=C(N(C)C)N1CCS(=O)(=O)C(C)(C)C1.I. The van der Waals surface area contributed by atoms with Crippen molar-refractivity contribution in [2.24, 2.45) is 4.99 Å². The van der Waals surface area contributed by atoms with Crippen molar-refractivity contribution in [2.75, 3.05) is 40.0 Å². The first kappa shape index (κ1) is 16.9. The Kier molecular flexibility index (Phi) is 5.71. The Hall–Kier alpha value is -0.0500. The van der Waals surface area contributed by atoms with Crippen LogP contribution in [0, 0.1) is 0 Å². The average Bonchev–Trinajstić information content (AvgIpc) is 2.12. The van der Waals surface area contributed by atoms with E-state index in [9.17, 15) is 8.42 Å². The maximum absolute atomic E-state index is 11.8. The second-order valence-corrected chi connectivity index (χ2v) is 7.66. The minimum absolute atomic E-state index is 0. The zero-order valence-corrected chi connectivity index (χ0v) is 14.2. The van der Waals surface area contributed by atoms with Gasteiger partial charge in [-0.05, 0) is 13.8 Å². The van der Waals surface area contributed by atoms with Crippen molar-refractivity contribution in [3.63, 3.8) is 0 Å². The highest BCUT2D eigenvalue weighted by Gasteiger charge is 2.41. The fourth-order valence-corrected chi connectivity index (χ4v) is 3.30. The van der Waals surface area contributed by atoms with Crippen LogP contribution in [0.25, 0.3) is 0 Å². The number of hydrogen-bond donors (Lipinski definition) is 0. The number of sulfone groups is 1. The van der Waals surface area contributed by atoms with Crippen LogP contribution in [-0.4, -0.2) is 68.9 Å². The van der Waals surface area contributed by atoms with Gasteiger partial charge >= 0.3 is 0 Å². The molecule has 0 amide bonds. The van der Waals surface area contributed by atoms with E-state index in [0.29, 0.717) is 13.1 Å². The van der Waals surface area contributed by atoms with Gasteiger partial charge < -0.3 is 9.80 Å². The molecule has 1 heterocycles. The minimum atomic E-state index is -2.98. The molecular weight excluding hydrogens is 353 g/mol.